The second-order valence-corrected chi connectivity index (χ2v) is 13.3. The van der Waals surface area contributed by atoms with Crippen molar-refractivity contribution in [2.45, 2.75) is 105 Å². The van der Waals surface area contributed by atoms with Crippen LogP contribution >= 0.6 is 0 Å². The smallest absolute Gasteiger partial charge is 0.330 e. The molecule has 4 heteroatoms. The van der Waals surface area contributed by atoms with Crippen LogP contribution in [0.3, 0.4) is 0 Å². The topological polar surface area (TPSA) is 63.6 Å². The fraction of sp³-hybridized carbons (Fsp3) is 0.806. The van der Waals surface area contributed by atoms with Gasteiger partial charge in [0.05, 0.1) is 7.11 Å². The van der Waals surface area contributed by atoms with Gasteiger partial charge >= 0.3 is 11.9 Å². The van der Waals surface area contributed by atoms with Crippen LogP contribution in [0.25, 0.3) is 0 Å². The van der Waals surface area contributed by atoms with Crippen LogP contribution in [-0.2, 0) is 14.3 Å². The summed E-state index contributed by atoms with van der Waals surface area (Å²) in [7, 11) is 1.51. The maximum Gasteiger partial charge on any atom is 0.330 e. The third-order valence-corrected chi connectivity index (χ3v) is 12.2. The molecule has 0 saturated heterocycles. The van der Waals surface area contributed by atoms with E-state index >= 15 is 0 Å². The van der Waals surface area contributed by atoms with Crippen LogP contribution in [-0.4, -0.2) is 24.2 Å². The Balaban J connectivity index is 1.56. The SMILES string of the molecule is C=C(C)C1CCC2C3(C)CCC(C(C)CCC=C(C)C(=O)O)C3(C)CCC23CC13CCC(=O)OC. The van der Waals surface area contributed by atoms with Crippen LogP contribution in [0.5, 0.6) is 0 Å². The molecule has 0 aliphatic heterocycles. The maximum absolute atomic E-state index is 12.1. The van der Waals surface area contributed by atoms with Crippen LogP contribution < -0.4 is 0 Å². The highest BCUT2D eigenvalue weighted by molar-refractivity contribution is 5.85. The minimum absolute atomic E-state index is 0.0715. The second kappa shape index (κ2) is 9.06. The molecule has 0 aromatic carbocycles. The number of hydrogen-bond donors (Lipinski definition) is 1. The number of carbonyl (C=O) groups excluding carboxylic acids is 1. The molecule has 0 bridgehead atoms. The van der Waals surface area contributed by atoms with Gasteiger partial charge in [-0.25, -0.2) is 4.79 Å². The molecule has 0 aromatic heterocycles. The minimum Gasteiger partial charge on any atom is -0.478 e. The zero-order valence-electron chi connectivity index (χ0n) is 23.0. The zero-order valence-corrected chi connectivity index (χ0v) is 23.0. The molecule has 1 spiro atoms. The Hall–Kier alpha value is -1.58. The van der Waals surface area contributed by atoms with E-state index in [1.54, 1.807) is 6.92 Å². The second-order valence-electron chi connectivity index (χ2n) is 13.3. The zero-order chi connectivity index (χ0) is 25.8. The molecule has 0 heterocycles. The first-order valence-electron chi connectivity index (χ1n) is 14.0. The van der Waals surface area contributed by atoms with Gasteiger partial charge in [0.15, 0.2) is 0 Å². The number of carbonyl (C=O) groups is 2. The number of aliphatic carboxylic acids is 1. The first-order valence-corrected chi connectivity index (χ1v) is 14.0. The maximum atomic E-state index is 12.1. The number of esters is 1. The Kier molecular flexibility index (Phi) is 6.86. The molecule has 4 aliphatic carbocycles. The highest BCUT2D eigenvalue weighted by Crippen LogP contribution is 2.87. The van der Waals surface area contributed by atoms with Gasteiger partial charge < -0.3 is 9.84 Å². The lowest BCUT2D eigenvalue weighted by molar-refractivity contribution is -0.143. The van der Waals surface area contributed by atoms with Crippen molar-refractivity contribution >= 4 is 11.9 Å². The van der Waals surface area contributed by atoms with Gasteiger partial charge in [-0.2, -0.15) is 0 Å². The normalized spacial score (nSPS) is 42.9. The number of carboxylic acids is 1. The van der Waals surface area contributed by atoms with Crippen LogP contribution in [0.2, 0.25) is 0 Å². The summed E-state index contributed by atoms with van der Waals surface area (Å²) in [6.45, 7) is 15.9. The van der Waals surface area contributed by atoms with Crippen molar-refractivity contribution in [1.82, 2.24) is 0 Å². The van der Waals surface area contributed by atoms with E-state index in [4.69, 9.17) is 4.74 Å². The van der Waals surface area contributed by atoms with Crippen molar-refractivity contribution in [2.75, 3.05) is 7.11 Å². The standard InChI is InChI=1S/C31H48O4/c1-20(2)23-11-12-25-29(6)15-13-24(21(3)9-8-10-22(4)27(33)34)28(29,5)17-18-31(25)19-30(23,31)16-14-26(32)35-7/h10,21,23-25H,1,8-9,11-19H2,2-7H3,(H,33,34). The van der Waals surface area contributed by atoms with Crippen LogP contribution in [0.4, 0.5) is 0 Å². The molecular weight excluding hydrogens is 436 g/mol. The van der Waals surface area contributed by atoms with Gasteiger partial charge in [0, 0.05) is 12.0 Å². The predicted octanol–water partition coefficient (Wildman–Crippen LogP) is 7.58. The summed E-state index contributed by atoms with van der Waals surface area (Å²) in [4.78, 5) is 23.3. The highest BCUT2D eigenvalue weighted by atomic mass is 16.5. The van der Waals surface area contributed by atoms with Gasteiger partial charge in [0.25, 0.3) is 0 Å². The van der Waals surface area contributed by atoms with E-state index in [2.05, 4.69) is 34.3 Å². The van der Waals surface area contributed by atoms with Gasteiger partial charge in [-0.1, -0.05) is 39.0 Å². The monoisotopic (exact) mass is 484 g/mol. The summed E-state index contributed by atoms with van der Waals surface area (Å²) < 4.78 is 5.04. The molecule has 8 atom stereocenters. The van der Waals surface area contributed by atoms with Crippen LogP contribution in [0, 0.1) is 45.3 Å². The Morgan fingerprint density at radius 1 is 1.11 bits per heavy atom. The summed E-state index contributed by atoms with van der Waals surface area (Å²) in [5, 5.41) is 9.18. The van der Waals surface area contributed by atoms with Gasteiger partial charge in [-0.15, -0.1) is 0 Å². The number of methoxy groups -OCH3 is 1. The van der Waals surface area contributed by atoms with Crippen LogP contribution in [0.15, 0.2) is 23.8 Å². The summed E-state index contributed by atoms with van der Waals surface area (Å²) >= 11 is 0. The number of allylic oxidation sites excluding steroid dienone is 2. The van der Waals surface area contributed by atoms with E-state index < -0.39 is 5.97 Å². The molecule has 1 N–H and O–H groups in total. The van der Waals surface area contributed by atoms with Crippen molar-refractivity contribution in [1.29, 1.82) is 0 Å². The van der Waals surface area contributed by atoms with Crippen molar-refractivity contribution in [3.05, 3.63) is 23.8 Å². The number of fused-ring (bicyclic) bond motifs is 2. The summed E-state index contributed by atoms with van der Waals surface area (Å²) in [5.41, 5.74) is 3.06. The van der Waals surface area contributed by atoms with E-state index in [-0.39, 0.29) is 11.4 Å². The molecule has 196 valence electrons. The largest absolute Gasteiger partial charge is 0.478 e. The van der Waals surface area contributed by atoms with Gasteiger partial charge in [-0.3, -0.25) is 4.79 Å². The Labute approximate surface area is 213 Å². The first-order chi connectivity index (χ1) is 16.4. The molecule has 8 unspecified atom stereocenters. The lowest BCUT2D eigenvalue weighted by Crippen LogP contribution is -2.54. The molecule has 35 heavy (non-hydrogen) atoms. The molecule has 4 rings (SSSR count). The summed E-state index contributed by atoms with van der Waals surface area (Å²) in [5.74, 6) is 1.69. The van der Waals surface area contributed by atoms with Crippen molar-refractivity contribution in [3.8, 4) is 0 Å². The van der Waals surface area contributed by atoms with E-state index in [0.717, 1.165) is 25.2 Å². The average molecular weight is 485 g/mol. The average Bonchev–Trinajstić information content (AvgIpc) is 3.40. The molecule has 4 nitrogen and oxygen atoms in total. The molecule has 4 saturated carbocycles. The Bertz CT molecular complexity index is 919. The van der Waals surface area contributed by atoms with Gasteiger partial charge in [-0.05, 0) is 123 Å². The Morgan fingerprint density at radius 2 is 1.83 bits per heavy atom. The van der Waals surface area contributed by atoms with E-state index in [1.165, 1.54) is 57.6 Å². The number of rotatable bonds is 9. The molecule has 0 amide bonds. The molecule has 4 fully saturated rings. The van der Waals surface area contributed by atoms with E-state index in [1.807, 2.05) is 6.08 Å². The number of hydrogen-bond acceptors (Lipinski definition) is 3. The lowest BCUT2D eigenvalue weighted by atomic mass is 9.43. The predicted molar refractivity (Wildman–Crippen MR) is 140 cm³/mol. The lowest BCUT2D eigenvalue weighted by Gasteiger charge is -2.61. The van der Waals surface area contributed by atoms with Gasteiger partial charge in [0.1, 0.15) is 0 Å². The fourth-order valence-electron chi connectivity index (χ4n) is 10.2. The highest BCUT2D eigenvalue weighted by Gasteiger charge is 2.80. The molecular formula is C31H48O4. The van der Waals surface area contributed by atoms with Crippen LogP contribution in [0.1, 0.15) is 105 Å². The molecule has 4 aliphatic rings. The van der Waals surface area contributed by atoms with Crippen molar-refractivity contribution in [3.63, 3.8) is 0 Å². The number of carboxylic acid groups (broad SMARTS) is 1. The third-order valence-electron chi connectivity index (χ3n) is 12.2. The Morgan fingerprint density at radius 3 is 2.46 bits per heavy atom. The quantitative estimate of drug-likeness (QED) is 0.208. The first kappa shape index (κ1) is 26.5. The van der Waals surface area contributed by atoms with E-state index in [0.29, 0.717) is 46.0 Å². The van der Waals surface area contributed by atoms with Crippen molar-refractivity contribution in [2.24, 2.45) is 45.3 Å². The third kappa shape index (κ3) is 3.84. The van der Waals surface area contributed by atoms with E-state index in [9.17, 15) is 14.7 Å². The number of ether oxygens (including phenoxy) is 1. The fourth-order valence-corrected chi connectivity index (χ4v) is 10.2. The van der Waals surface area contributed by atoms with Gasteiger partial charge in [0.2, 0.25) is 0 Å². The molecule has 0 radical (unpaired) electrons. The van der Waals surface area contributed by atoms with Crippen molar-refractivity contribution < 1.29 is 19.4 Å². The molecule has 0 aromatic rings. The summed E-state index contributed by atoms with van der Waals surface area (Å²) in [6.07, 6.45) is 14.3. The minimum atomic E-state index is -0.805. The summed E-state index contributed by atoms with van der Waals surface area (Å²) in [6, 6.07) is 0.